The Morgan fingerprint density at radius 1 is 1.00 bits per heavy atom. The van der Waals surface area contributed by atoms with Crippen molar-refractivity contribution in [3.63, 3.8) is 0 Å². The Bertz CT molecular complexity index is 843. The van der Waals surface area contributed by atoms with Gasteiger partial charge in [-0.3, -0.25) is 4.98 Å². The van der Waals surface area contributed by atoms with Gasteiger partial charge in [-0.2, -0.15) is 0 Å². The van der Waals surface area contributed by atoms with Gasteiger partial charge in [0.2, 0.25) is 0 Å². The molecular formula is C20H21N3O. The Morgan fingerprint density at radius 3 is 2.67 bits per heavy atom. The van der Waals surface area contributed by atoms with E-state index in [9.17, 15) is 0 Å². The zero-order valence-corrected chi connectivity index (χ0v) is 13.5. The molecule has 0 amide bonds. The summed E-state index contributed by atoms with van der Waals surface area (Å²) in [6, 6.07) is 13.9. The van der Waals surface area contributed by atoms with Gasteiger partial charge in [0.1, 0.15) is 11.9 Å². The van der Waals surface area contributed by atoms with E-state index in [0.29, 0.717) is 18.2 Å². The van der Waals surface area contributed by atoms with Crippen molar-refractivity contribution in [3.8, 4) is 17.0 Å². The van der Waals surface area contributed by atoms with Crippen LogP contribution in [0.3, 0.4) is 0 Å². The zero-order valence-electron chi connectivity index (χ0n) is 13.5. The van der Waals surface area contributed by atoms with Crippen molar-refractivity contribution >= 4 is 10.9 Å². The van der Waals surface area contributed by atoms with Crippen LogP contribution in [0.25, 0.3) is 22.2 Å². The smallest absolute Gasteiger partial charge is 0.138 e. The van der Waals surface area contributed by atoms with Crippen molar-refractivity contribution in [1.82, 2.24) is 15.3 Å². The molecule has 2 aliphatic heterocycles. The molecule has 122 valence electrons. The van der Waals surface area contributed by atoms with Gasteiger partial charge in [0.15, 0.2) is 0 Å². The van der Waals surface area contributed by atoms with Crippen LogP contribution in [0.5, 0.6) is 5.75 Å². The highest BCUT2D eigenvalue weighted by atomic mass is 16.5. The first-order chi connectivity index (χ1) is 11.8. The lowest BCUT2D eigenvalue weighted by Crippen LogP contribution is -2.42. The lowest BCUT2D eigenvalue weighted by atomic mass is 10.0. The quantitative estimate of drug-likeness (QED) is 0.770. The second-order valence-electron chi connectivity index (χ2n) is 7.01. The van der Waals surface area contributed by atoms with Gasteiger partial charge in [-0.1, -0.05) is 6.07 Å². The topological polar surface area (TPSA) is 49.9 Å². The third kappa shape index (κ3) is 2.57. The Labute approximate surface area is 141 Å². The summed E-state index contributed by atoms with van der Waals surface area (Å²) in [6.07, 6.45) is 8.97. The lowest BCUT2D eigenvalue weighted by molar-refractivity contribution is 0.137. The fourth-order valence-corrected chi connectivity index (χ4v) is 4.13. The Kier molecular flexibility index (Phi) is 3.30. The fraction of sp³-hybridized carbons (Fsp3) is 0.350. The first-order valence-electron chi connectivity index (χ1n) is 8.80. The van der Waals surface area contributed by atoms with E-state index in [1.54, 1.807) is 0 Å². The van der Waals surface area contributed by atoms with Gasteiger partial charge in [0.05, 0.1) is 11.9 Å². The summed E-state index contributed by atoms with van der Waals surface area (Å²) in [5, 5.41) is 4.86. The number of aromatic amines is 1. The average molecular weight is 319 g/mol. The zero-order chi connectivity index (χ0) is 15.9. The predicted octanol–water partition coefficient (Wildman–Crippen LogP) is 3.89. The summed E-state index contributed by atoms with van der Waals surface area (Å²) >= 11 is 0. The van der Waals surface area contributed by atoms with Crippen molar-refractivity contribution in [3.05, 3.63) is 48.8 Å². The van der Waals surface area contributed by atoms with Crippen LogP contribution in [0.1, 0.15) is 25.7 Å². The second-order valence-corrected chi connectivity index (χ2v) is 7.01. The van der Waals surface area contributed by atoms with Crippen molar-refractivity contribution in [2.24, 2.45) is 0 Å². The molecule has 3 atom stereocenters. The minimum Gasteiger partial charge on any atom is -0.489 e. The SMILES string of the molecule is c1cc2cc(-c3ccc(O[C@H]4C[C@H]5CC[C@@H](C4)N5)cn3)ccc2[nH]1. The normalized spacial score (nSPS) is 25.9. The van der Waals surface area contributed by atoms with E-state index in [1.165, 1.54) is 18.2 Å². The molecule has 2 fully saturated rings. The van der Waals surface area contributed by atoms with Crippen LogP contribution in [0.15, 0.2) is 48.8 Å². The highest BCUT2D eigenvalue weighted by Gasteiger charge is 2.34. The first kappa shape index (κ1) is 14.1. The highest BCUT2D eigenvalue weighted by Crippen LogP contribution is 2.30. The van der Waals surface area contributed by atoms with Crippen LogP contribution in [-0.2, 0) is 0 Å². The molecule has 0 aliphatic carbocycles. The Balaban J connectivity index is 1.33. The number of hydrogen-bond donors (Lipinski definition) is 2. The number of piperidine rings is 1. The van der Waals surface area contributed by atoms with E-state index in [2.05, 4.69) is 45.6 Å². The van der Waals surface area contributed by atoms with Crippen molar-refractivity contribution in [1.29, 1.82) is 0 Å². The summed E-state index contributed by atoms with van der Waals surface area (Å²) in [7, 11) is 0. The maximum atomic E-state index is 6.18. The van der Waals surface area contributed by atoms with Gasteiger partial charge in [0, 0.05) is 34.7 Å². The number of aromatic nitrogens is 2. The van der Waals surface area contributed by atoms with E-state index >= 15 is 0 Å². The van der Waals surface area contributed by atoms with Crippen LogP contribution < -0.4 is 10.1 Å². The van der Waals surface area contributed by atoms with E-state index < -0.39 is 0 Å². The molecule has 2 N–H and O–H groups in total. The Morgan fingerprint density at radius 2 is 1.88 bits per heavy atom. The summed E-state index contributed by atoms with van der Waals surface area (Å²) in [6.45, 7) is 0. The van der Waals surface area contributed by atoms with Gasteiger partial charge in [-0.05, 0) is 56.0 Å². The second kappa shape index (κ2) is 5.64. The van der Waals surface area contributed by atoms with Crippen molar-refractivity contribution in [2.75, 3.05) is 0 Å². The standard InChI is InChI=1S/C20H21N3O/c1-5-19-14(7-8-21-19)9-13(1)20-6-4-17(12-22-20)24-18-10-15-2-3-16(11-18)23-15/h1,4-9,12,15-16,18,21,23H,2-3,10-11H2/t15-,16+,18+. The molecule has 2 aromatic heterocycles. The molecule has 0 saturated carbocycles. The Hall–Kier alpha value is -2.33. The maximum absolute atomic E-state index is 6.18. The van der Waals surface area contributed by atoms with Gasteiger partial charge >= 0.3 is 0 Å². The molecule has 3 aromatic rings. The van der Waals surface area contributed by atoms with Crippen LogP contribution in [0.4, 0.5) is 0 Å². The number of hydrogen-bond acceptors (Lipinski definition) is 3. The molecule has 0 radical (unpaired) electrons. The maximum Gasteiger partial charge on any atom is 0.138 e. The van der Waals surface area contributed by atoms with Crippen LogP contribution >= 0.6 is 0 Å². The third-order valence-corrected chi connectivity index (χ3v) is 5.32. The lowest BCUT2D eigenvalue weighted by Gasteiger charge is -2.29. The summed E-state index contributed by atoms with van der Waals surface area (Å²) in [5.41, 5.74) is 3.27. The van der Waals surface area contributed by atoms with Gasteiger partial charge in [0.25, 0.3) is 0 Å². The first-order valence-corrected chi connectivity index (χ1v) is 8.80. The molecule has 0 unspecified atom stereocenters. The number of ether oxygens (including phenoxy) is 1. The van der Waals surface area contributed by atoms with Gasteiger partial charge in [-0.15, -0.1) is 0 Å². The molecule has 1 aromatic carbocycles. The number of pyridine rings is 1. The van der Waals surface area contributed by atoms with E-state index in [1.807, 2.05) is 18.5 Å². The summed E-state index contributed by atoms with van der Waals surface area (Å²) in [4.78, 5) is 7.83. The largest absolute Gasteiger partial charge is 0.489 e. The molecule has 0 spiro atoms. The van der Waals surface area contributed by atoms with Gasteiger partial charge < -0.3 is 15.0 Å². The van der Waals surface area contributed by atoms with Gasteiger partial charge in [-0.25, -0.2) is 0 Å². The third-order valence-electron chi connectivity index (χ3n) is 5.32. The number of nitrogens with one attached hydrogen (secondary N) is 2. The highest BCUT2D eigenvalue weighted by molar-refractivity contribution is 5.84. The molecular weight excluding hydrogens is 298 g/mol. The molecule has 4 heterocycles. The monoisotopic (exact) mass is 319 g/mol. The summed E-state index contributed by atoms with van der Waals surface area (Å²) < 4.78 is 6.18. The molecule has 24 heavy (non-hydrogen) atoms. The average Bonchev–Trinajstić information content (AvgIpc) is 3.21. The van der Waals surface area contributed by atoms with E-state index in [-0.39, 0.29) is 0 Å². The van der Waals surface area contributed by atoms with E-state index in [4.69, 9.17) is 4.74 Å². The number of rotatable bonds is 3. The predicted molar refractivity (Wildman–Crippen MR) is 95.1 cm³/mol. The number of nitrogens with zero attached hydrogens (tertiary/aromatic N) is 1. The molecule has 2 bridgehead atoms. The molecule has 2 saturated heterocycles. The van der Waals surface area contributed by atoms with Crippen LogP contribution in [-0.4, -0.2) is 28.2 Å². The molecule has 5 rings (SSSR count). The van der Waals surface area contributed by atoms with Crippen molar-refractivity contribution < 1.29 is 4.74 Å². The minimum absolute atomic E-state index is 0.326. The fourth-order valence-electron chi connectivity index (χ4n) is 4.13. The van der Waals surface area contributed by atoms with Crippen molar-refractivity contribution in [2.45, 2.75) is 43.9 Å². The number of H-pyrrole nitrogens is 1. The molecule has 4 nitrogen and oxygen atoms in total. The number of fused-ring (bicyclic) bond motifs is 3. The van der Waals surface area contributed by atoms with Crippen LogP contribution in [0.2, 0.25) is 0 Å². The van der Waals surface area contributed by atoms with Crippen LogP contribution in [0, 0.1) is 0 Å². The number of benzene rings is 1. The summed E-state index contributed by atoms with van der Waals surface area (Å²) in [5.74, 6) is 0.882. The molecule has 2 aliphatic rings. The molecule has 4 heteroatoms. The van der Waals surface area contributed by atoms with E-state index in [0.717, 1.165) is 35.4 Å². The minimum atomic E-state index is 0.326.